The average Bonchev–Trinajstić information content (AvgIpc) is 3.09. The van der Waals surface area contributed by atoms with Gasteiger partial charge in [0, 0.05) is 37.7 Å². The van der Waals surface area contributed by atoms with Crippen LogP contribution in [0.5, 0.6) is 5.75 Å². The molecule has 2 amide bonds. The maximum Gasteiger partial charge on any atom is 0.244 e. The van der Waals surface area contributed by atoms with Crippen molar-refractivity contribution in [3.63, 3.8) is 0 Å². The number of para-hydroxylation sites is 1. The number of rotatable bonds is 7. The summed E-state index contributed by atoms with van der Waals surface area (Å²) in [6.45, 7) is 4.56. The van der Waals surface area contributed by atoms with Crippen LogP contribution in [0.15, 0.2) is 30.3 Å². The zero-order valence-corrected chi connectivity index (χ0v) is 13.6. The summed E-state index contributed by atoms with van der Waals surface area (Å²) in [6, 6.07) is 7.56. The van der Waals surface area contributed by atoms with E-state index in [0.29, 0.717) is 19.6 Å². The Morgan fingerprint density at radius 3 is 2.74 bits per heavy atom. The van der Waals surface area contributed by atoms with E-state index in [4.69, 9.17) is 4.74 Å². The Labute approximate surface area is 137 Å². The van der Waals surface area contributed by atoms with E-state index >= 15 is 0 Å². The van der Waals surface area contributed by atoms with Crippen molar-refractivity contribution in [2.24, 2.45) is 0 Å². The highest BCUT2D eigenvalue weighted by Crippen LogP contribution is 2.19. The lowest BCUT2D eigenvalue weighted by Gasteiger charge is -2.14. The molecule has 0 saturated carbocycles. The van der Waals surface area contributed by atoms with Gasteiger partial charge in [-0.3, -0.25) is 9.59 Å². The molecule has 2 rings (SSSR count). The molecule has 1 heterocycles. The summed E-state index contributed by atoms with van der Waals surface area (Å²) in [7, 11) is 0. The Balaban J connectivity index is 1.77. The number of ether oxygens (including phenoxy) is 1. The lowest BCUT2D eigenvalue weighted by atomic mass is 10.2. The van der Waals surface area contributed by atoms with Crippen molar-refractivity contribution in [2.45, 2.75) is 26.2 Å². The molecule has 1 aliphatic heterocycles. The van der Waals surface area contributed by atoms with E-state index < -0.39 is 0 Å². The first kappa shape index (κ1) is 17.1. The van der Waals surface area contributed by atoms with Crippen LogP contribution in [0.25, 0.3) is 6.08 Å². The summed E-state index contributed by atoms with van der Waals surface area (Å²) in [6.07, 6.45) is 5.72. The third kappa shape index (κ3) is 5.43. The largest absolute Gasteiger partial charge is 0.493 e. The van der Waals surface area contributed by atoms with Gasteiger partial charge in [0.05, 0.1) is 6.61 Å². The number of likely N-dealkylation sites (tertiary alicyclic amines) is 1. The first-order valence-electron chi connectivity index (χ1n) is 8.16. The van der Waals surface area contributed by atoms with E-state index in [2.05, 4.69) is 5.32 Å². The third-order valence-corrected chi connectivity index (χ3v) is 3.73. The number of amides is 2. The molecule has 1 aromatic rings. The molecule has 0 bridgehead atoms. The van der Waals surface area contributed by atoms with Crippen molar-refractivity contribution < 1.29 is 14.3 Å². The van der Waals surface area contributed by atoms with Crippen LogP contribution in [-0.4, -0.2) is 43.0 Å². The number of carbonyl (C=O) groups excluding carboxylic acids is 2. The lowest BCUT2D eigenvalue weighted by molar-refractivity contribution is -0.130. The highest BCUT2D eigenvalue weighted by molar-refractivity contribution is 5.92. The van der Waals surface area contributed by atoms with Gasteiger partial charge in [0.2, 0.25) is 11.8 Å². The number of nitrogens with zero attached hydrogens (tertiary/aromatic N) is 1. The molecule has 1 fully saturated rings. The number of benzene rings is 1. The topological polar surface area (TPSA) is 58.6 Å². The molecule has 0 unspecified atom stereocenters. The molecule has 0 atom stereocenters. The minimum absolute atomic E-state index is 0.119. The molecule has 0 aliphatic carbocycles. The van der Waals surface area contributed by atoms with Crippen molar-refractivity contribution in [2.75, 3.05) is 26.2 Å². The number of carbonyl (C=O) groups is 2. The molecule has 1 aliphatic rings. The van der Waals surface area contributed by atoms with Gasteiger partial charge >= 0.3 is 0 Å². The van der Waals surface area contributed by atoms with Crippen molar-refractivity contribution in [3.8, 4) is 5.75 Å². The smallest absolute Gasteiger partial charge is 0.244 e. The molecule has 5 heteroatoms. The second-order valence-electron chi connectivity index (χ2n) is 5.43. The van der Waals surface area contributed by atoms with Crippen LogP contribution < -0.4 is 10.1 Å². The van der Waals surface area contributed by atoms with Crippen LogP contribution in [-0.2, 0) is 9.59 Å². The van der Waals surface area contributed by atoms with Gasteiger partial charge in [0.1, 0.15) is 5.75 Å². The van der Waals surface area contributed by atoms with E-state index in [1.807, 2.05) is 36.1 Å². The predicted molar refractivity (Wildman–Crippen MR) is 90.1 cm³/mol. The molecule has 5 nitrogen and oxygen atoms in total. The maximum absolute atomic E-state index is 11.9. The molecule has 23 heavy (non-hydrogen) atoms. The molecule has 0 radical (unpaired) electrons. The number of nitrogens with one attached hydrogen (secondary N) is 1. The van der Waals surface area contributed by atoms with E-state index in [0.717, 1.165) is 37.2 Å². The van der Waals surface area contributed by atoms with E-state index in [9.17, 15) is 9.59 Å². The average molecular weight is 316 g/mol. The quantitative estimate of drug-likeness (QED) is 0.785. The first-order chi connectivity index (χ1) is 11.2. The number of hydrogen-bond donors (Lipinski definition) is 1. The monoisotopic (exact) mass is 316 g/mol. The molecule has 1 N–H and O–H groups in total. The Bertz CT molecular complexity index is 563. The number of hydrogen-bond acceptors (Lipinski definition) is 3. The molecular formula is C18H24N2O3. The van der Waals surface area contributed by atoms with E-state index in [1.165, 1.54) is 6.08 Å². The Morgan fingerprint density at radius 1 is 1.26 bits per heavy atom. The molecule has 124 valence electrons. The molecule has 1 saturated heterocycles. The van der Waals surface area contributed by atoms with Gasteiger partial charge in [0.25, 0.3) is 0 Å². The Hall–Kier alpha value is -2.30. The molecular weight excluding hydrogens is 292 g/mol. The fourth-order valence-electron chi connectivity index (χ4n) is 2.55. The minimum atomic E-state index is -0.203. The zero-order chi connectivity index (χ0) is 16.5. The summed E-state index contributed by atoms with van der Waals surface area (Å²) >= 11 is 0. The van der Waals surface area contributed by atoms with Gasteiger partial charge in [-0.05, 0) is 31.9 Å². The Morgan fingerprint density at radius 2 is 2.00 bits per heavy atom. The van der Waals surface area contributed by atoms with Gasteiger partial charge in [0.15, 0.2) is 0 Å². The standard InChI is InChI=1S/C18H24N2O3/c1-2-23-16-8-4-3-7-15(16)9-10-17(21)19-12-11-18(22)20-13-5-6-14-20/h3-4,7-10H,2,5-6,11-14H2,1H3,(H,19,21)/b10-9+. The maximum atomic E-state index is 11.9. The SMILES string of the molecule is CCOc1ccccc1/C=C/C(=O)NCCC(=O)N1CCCC1. The summed E-state index contributed by atoms with van der Waals surface area (Å²) in [5.41, 5.74) is 0.859. The summed E-state index contributed by atoms with van der Waals surface area (Å²) in [4.78, 5) is 25.5. The van der Waals surface area contributed by atoms with Crippen LogP contribution in [0.2, 0.25) is 0 Å². The molecule has 0 aromatic heterocycles. The van der Waals surface area contributed by atoms with Gasteiger partial charge in [-0.25, -0.2) is 0 Å². The highest BCUT2D eigenvalue weighted by atomic mass is 16.5. The van der Waals surface area contributed by atoms with Gasteiger partial charge in [-0.1, -0.05) is 18.2 Å². The Kier molecular flexibility index (Phi) is 6.66. The van der Waals surface area contributed by atoms with Crippen molar-refractivity contribution in [3.05, 3.63) is 35.9 Å². The summed E-state index contributed by atoms with van der Waals surface area (Å²) in [5.74, 6) is 0.669. The summed E-state index contributed by atoms with van der Waals surface area (Å²) in [5, 5.41) is 2.74. The lowest BCUT2D eigenvalue weighted by Crippen LogP contribution is -2.32. The van der Waals surface area contributed by atoms with E-state index in [-0.39, 0.29) is 11.8 Å². The fraction of sp³-hybridized carbons (Fsp3) is 0.444. The predicted octanol–water partition coefficient (Wildman–Crippen LogP) is 2.23. The first-order valence-corrected chi connectivity index (χ1v) is 8.16. The van der Waals surface area contributed by atoms with Crippen LogP contribution in [0.4, 0.5) is 0 Å². The van der Waals surface area contributed by atoms with Crippen molar-refractivity contribution in [1.82, 2.24) is 10.2 Å². The third-order valence-electron chi connectivity index (χ3n) is 3.73. The van der Waals surface area contributed by atoms with Crippen LogP contribution >= 0.6 is 0 Å². The molecule has 1 aromatic carbocycles. The normalized spacial score (nSPS) is 14.2. The second-order valence-corrected chi connectivity index (χ2v) is 5.43. The van der Waals surface area contributed by atoms with Gasteiger partial charge < -0.3 is 15.0 Å². The second kappa shape index (κ2) is 8.98. The van der Waals surface area contributed by atoms with Crippen LogP contribution in [0, 0.1) is 0 Å². The van der Waals surface area contributed by atoms with E-state index in [1.54, 1.807) is 6.08 Å². The van der Waals surface area contributed by atoms with Crippen molar-refractivity contribution in [1.29, 1.82) is 0 Å². The highest BCUT2D eigenvalue weighted by Gasteiger charge is 2.17. The fourth-order valence-corrected chi connectivity index (χ4v) is 2.55. The zero-order valence-electron chi connectivity index (χ0n) is 13.6. The minimum Gasteiger partial charge on any atom is -0.493 e. The van der Waals surface area contributed by atoms with Crippen LogP contribution in [0.1, 0.15) is 31.7 Å². The molecule has 0 spiro atoms. The van der Waals surface area contributed by atoms with Crippen LogP contribution in [0.3, 0.4) is 0 Å². The van der Waals surface area contributed by atoms with Crippen molar-refractivity contribution >= 4 is 17.9 Å². The van der Waals surface area contributed by atoms with Gasteiger partial charge in [-0.2, -0.15) is 0 Å². The summed E-state index contributed by atoms with van der Waals surface area (Å²) < 4.78 is 5.51. The van der Waals surface area contributed by atoms with Gasteiger partial charge in [-0.15, -0.1) is 0 Å².